The van der Waals surface area contributed by atoms with Gasteiger partial charge < -0.3 is 14.6 Å². The molecule has 1 saturated heterocycles. The summed E-state index contributed by atoms with van der Waals surface area (Å²) < 4.78 is 3.73. The molecule has 0 spiro atoms. The third-order valence-corrected chi connectivity index (χ3v) is 6.74. The number of carbonyl (C=O) groups excluding carboxylic acids is 1. The molecule has 1 aliphatic heterocycles. The summed E-state index contributed by atoms with van der Waals surface area (Å²) in [5.74, 6) is 0.639. The first-order valence-electron chi connectivity index (χ1n) is 10.4. The van der Waals surface area contributed by atoms with Gasteiger partial charge in [0.25, 0.3) is 5.91 Å². The molecule has 4 aromatic rings. The fourth-order valence-electron chi connectivity index (χ4n) is 5.26. The van der Waals surface area contributed by atoms with Crippen LogP contribution in [0, 0.1) is 11.8 Å². The minimum atomic E-state index is -0.447. The van der Waals surface area contributed by atoms with E-state index in [2.05, 4.69) is 19.6 Å². The van der Waals surface area contributed by atoms with Crippen molar-refractivity contribution in [2.75, 3.05) is 13.1 Å². The molecule has 2 aliphatic rings. The van der Waals surface area contributed by atoms with Crippen molar-refractivity contribution < 1.29 is 9.90 Å². The quantitative estimate of drug-likeness (QED) is 0.555. The first kappa shape index (κ1) is 17.6. The van der Waals surface area contributed by atoms with E-state index < -0.39 is 6.10 Å². The van der Waals surface area contributed by atoms with Gasteiger partial charge in [-0.3, -0.25) is 4.79 Å². The second-order valence-corrected chi connectivity index (χ2v) is 8.42. The van der Waals surface area contributed by atoms with Gasteiger partial charge in [0.1, 0.15) is 5.56 Å². The number of fused-ring (bicyclic) bond motifs is 3. The molecule has 152 valence electrons. The number of rotatable bonds is 2. The summed E-state index contributed by atoms with van der Waals surface area (Å²) in [5, 5.41) is 15.2. The number of amides is 1. The van der Waals surface area contributed by atoms with Crippen LogP contribution in [-0.2, 0) is 0 Å². The monoisotopic (exact) mass is 402 g/mol. The summed E-state index contributed by atoms with van der Waals surface area (Å²) in [4.78, 5) is 23.9. The summed E-state index contributed by atoms with van der Waals surface area (Å²) in [6.45, 7) is 1.37. The molecule has 8 nitrogen and oxygen atoms in total. The Morgan fingerprint density at radius 3 is 2.80 bits per heavy atom. The summed E-state index contributed by atoms with van der Waals surface area (Å²) in [7, 11) is 0. The van der Waals surface area contributed by atoms with Crippen molar-refractivity contribution in [3.05, 3.63) is 60.8 Å². The van der Waals surface area contributed by atoms with Crippen LogP contribution in [0.1, 0.15) is 29.2 Å². The fraction of sp³-hybridized carbons (Fsp3) is 0.364. The topological polar surface area (TPSA) is 88.6 Å². The lowest BCUT2D eigenvalue weighted by atomic mass is 9.77. The molecule has 8 heteroatoms. The number of aromatic nitrogens is 5. The Balaban J connectivity index is 1.25. The third-order valence-electron chi connectivity index (χ3n) is 6.74. The van der Waals surface area contributed by atoms with E-state index in [-0.39, 0.29) is 11.9 Å². The normalized spacial score (nSPS) is 26.4. The third kappa shape index (κ3) is 2.64. The predicted molar refractivity (Wildman–Crippen MR) is 110 cm³/mol. The average Bonchev–Trinajstić information content (AvgIpc) is 3.48. The van der Waals surface area contributed by atoms with Crippen molar-refractivity contribution in [2.45, 2.75) is 25.0 Å². The maximum atomic E-state index is 13.2. The lowest BCUT2D eigenvalue weighted by Gasteiger charge is -2.36. The van der Waals surface area contributed by atoms with Gasteiger partial charge in [-0.1, -0.05) is 12.1 Å². The van der Waals surface area contributed by atoms with Crippen molar-refractivity contribution in [3.63, 3.8) is 0 Å². The van der Waals surface area contributed by atoms with Crippen LogP contribution in [0.5, 0.6) is 0 Å². The van der Waals surface area contributed by atoms with Gasteiger partial charge in [0.2, 0.25) is 0 Å². The average molecular weight is 402 g/mol. The second-order valence-electron chi connectivity index (χ2n) is 8.42. The van der Waals surface area contributed by atoms with E-state index in [0.29, 0.717) is 42.6 Å². The number of carbonyl (C=O) groups is 1. The minimum absolute atomic E-state index is 0.0210. The molecule has 1 aliphatic carbocycles. The van der Waals surface area contributed by atoms with Gasteiger partial charge in [0.05, 0.1) is 35.7 Å². The highest BCUT2D eigenvalue weighted by molar-refractivity contribution is 5.99. The Hall–Kier alpha value is -3.26. The zero-order chi connectivity index (χ0) is 20.2. The van der Waals surface area contributed by atoms with Crippen LogP contribution in [0.4, 0.5) is 0 Å². The van der Waals surface area contributed by atoms with Crippen molar-refractivity contribution in [2.24, 2.45) is 11.8 Å². The Bertz CT molecular complexity index is 1250. The zero-order valence-corrected chi connectivity index (χ0v) is 16.4. The number of benzene rings is 1. The minimum Gasteiger partial charge on any atom is -0.391 e. The number of imidazole rings is 1. The SMILES string of the molecule is O=C(c1cnn2cccnc12)N1C[C@H]2C[C@@H](n3cnc4ccccc43)[C@H](O)C[C@H]2C1. The van der Waals surface area contributed by atoms with Crippen LogP contribution in [0.25, 0.3) is 16.7 Å². The van der Waals surface area contributed by atoms with Crippen LogP contribution in [0.3, 0.4) is 0 Å². The Kier molecular flexibility index (Phi) is 3.89. The van der Waals surface area contributed by atoms with E-state index in [1.165, 1.54) is 0 Å². The van der Waals surface area contributed by atoms with Crippen LogP contribution in [-0.4, -0.2) is 59.3 Å². The van der Waals surface area contributed by atoms with Crippen molar-refractivity contribution in [1.82, 2.24) is 29.0 Å². The van der Waals surface area contributed by atoms with Crippen LogP contribution >= 0.6 is 0 Å². The molecule has 4 heterocycles. The molecule has 0 bridgehead atoms. The van der Waals surface area contributed by atoms with E-state index in [4.69, 9.17) is 0 Å². The molecule has 1 saturated carbocycles. The molecule has 1 amide bonds. The number of aliphatic hydroxyl groups is 1. The molecule has 1 N–H and O–H groups in total. The number of hydrogen-bond donors (Lipinski definition) is 1. The van der Waals surface area contributed by atoms with E-state index in [1.807, 2.05) is 35.5 Å². The largest absolute Gasteiger partial charge is 0.391 e. The Morgan fingerprint density at radius 2 is 1.90 bits per heavy atom. The van der Waals surface area contributed by atoms with Crippen molar-refractivity contribution in [1.29, 1.82) is 0 Å². The zero-order valence-electron chi connectivity index (χ0n) is 16.4. The number of aliphatic hydroxyl groups excluding tert-OH is 1. The summed E-state index contributed by atoms with van der Waals surface area (Å²) >= 11 is 0. The van der Waals surface area contributed by atoms with Gasteiger partial charge in [-0.25, -0.2) is 14.5 Å². The maximum absolute atomic E-state index is 13.2. The highest BCUT2D eigenvalue weighted by Gasteiger charge is 2.44. The molecular formula is C22H22N6O2. The molecule has 0 radical (unpaired) electrons. The first-order valence-corrected chi connectivity index (χ1v) is 10.4. The fourth-order valence-corrected chi connectivity index (χ4v) is 5.26. The molecular weight excluding hydrogens is 380 g/mol. The standard InChI is InChI=1S/C22H22N6O2/c29-20-9-15-12-26(22(30)16-10-25-28-7-3-6-23-21(16)28)11-14(15)8-19(20)27-13-24-17-4-1-2-5-18(17)27/h1-7,10,13-15,19-20,29H,8-9,11-12H2/t14-,15+,19-,20-/m1/s1. The second kappa shape index (κ2) is 6.63. The molecule has 0 unspecified atom stereocenters. The summed E-state index contributed by atoms with van der Waals surface area (Å²) in [6.07, 6.45) is 7.98. The van der Waals surface area contributed by atoms with Gasteiger partial charge in [0.15, 0.2) is 5.65 Å². The van der Waals surface area contributed by atoms with Gasteiger partial charge in [-0.15, -0.1) is 0 Å². The summed E-state index contributed by atoms with van der Waals surface area (Å²) in [6, 6.07) is 9.78. The number of nitrogens with zero attached hydrogens (tertiary/aromatic N) is 6. The molecule has 6 rings (SSSR count). The van der Waals surface area contributed by atoms with E-state index in [0.717, 1.165) is 17.5 Å². The Morgan fingerprint density at radius 1 is 1.07 bits per heavy atom. The van der Waals surface area contributed by atoms with Crippen LogP contribution in [0.2, 0.25) is 0 Å². The smallest absolute Gasteiger partial charge is 0.259 e. The van der Waals surface area contributed by atoms with Gasteiger partial charge in [0, 0.05) is 25.5 Å². The molecule has 3 aromatic heterocycles. The van der Waals surface area contributed by atoms with Crippen LogP contribution in [0.15, 0.2) is 55.2 Å². The lowest BCUT2D eigenvalue weighted by Crippen LogP contribution is -2.36. The lowest BCUT2D eigenvalue weighted by molar-refractivity contribution is 0.0374. The Labute approximate surface area is 172 Å². The number of para-hydroxylation sites is 2. The van der Waals surface area contributed by atoms with Crippen LogP contribution < -0.4 is 0 Å². The van der Waals surface area contributed by atoms with E-state index in [1.54, 1.807) is 29.2 Å². The highest BCUT2D eigenvalue weighted by Crippen LogP contribution is 2.42. The van der Waals surface area contributed by atoms with E-state index >= 15 is 0 Å². The van der Waals surface area contributed by atoms with Gasteiger partial charge >= 0.3 is 0 Å². The number of likely N-dealkylation sites (tertiary alicyclic amines) is 1. The molecule has 1 aromatic carbocycles. The molecule has 30 heavy (non-hydrogen) atoms. The van der Waals surface area contributed by atoms with Crippen molar-refractivity contribution >= 4 is 22.6 Å². The molecule has 2 fully saturated rings. The summed E-state index contributed by atoms with van der Waals surface area (Å²) in [5.41, 5.74) is 3.10. The molecule has 4 atom stereocenters. The van der Waals surface area contributed by atoms with Crippen molar-refractivity contribution in [3.8, 4) is 0 Å². The van der Waals surface area contributed by atoms with Gasteiger partial charge in [-0.05, 0) is 42.9 Å². The maximum Gasteiger partial charge on any atom is 0.259 e. The first-order chi connectivity index (χ1) is 14.7. The van der Waals surface area contributed by atoms with E-state index in [9.17, 15) is 9.90 Å². The predicted octanol–water partition coefficient (Wildman–Crippen LogP) is 2.16. The van der Waals surface area contributed by atoms with Gasteiger partial charge in [-0.2, -0.15) is 5.10 Å². The highest BCUT2D eigenvalue weighted by atomic mass is 16.3. The number of hydrogen-bond acceptors (Lipinski definition) is 5.